The van der Waals surface area contributed by atoms with E-state index in [1.165, 1.54) is 41.5 Å². The second-order valence-corrected chi connectivity index (χ2v) is 9.34. The average Bonchev–Trinajstić information content (AvgIpc) is 2.81. The van der Waals surface area contributed by atoms with Crippen LogP contribution in [-0.4, -0.2) is 50.3 Å². The molecular formula is C19H18F4KN5O6S2. The Labute approximate surface area is 255 Å². The number of hydrogen-bond donors (Lipinski definition) is 5. The molecular weight excluding hydrogens is 573 g/mol. The third-order valence-corrected chi connectivity index (χ3v) is 5.98. The van der Waals surface area contributed by atoms with Crippen molar-refractivity contribution in [1.29, 1.82) is 0 Å². The smallest absolute Gasteiger partial charge is 0.544 e. The van der Waals surface area contributed by atoms with Crippen LogP contribution in [0.3, 0.4) is 0 Å². The van der Waals surface area contributed by atoms with Crippen LogP contribution >= 0.6 is 11.8 Å². The predicted octanol–water partition coefficient (Wildman–Crippen LogP) is -1.60. The monoisotopic (exact) mass is 591 g/mol. The number of carbonyl (C=O) groups is 3. The van der Waals surface area contributed by atoms with Crippen molar-refractivity contribution in [2.45, 2.75) is 16.7 Å². The fourth-order valence-electron chi connectivity index (χ4n) is 2.37. The second kappa shape index (κ2) is 13.6. The molecule has 0 spiro atoms. The number of nitrogens with one attached hydrogen (secondary N) is 5. The van der Waals surface area contributed by atoms with E-state index in [2.05, 4.69) is 15.4 Å². The number of benzene rings is 2. The topological polar surface area (TPSA) is 169 Å². The first-order valence-electron chi connectivity index (χ1n) is 9.51. The second-order valence-electron chi connectivity index (χ2n) is 6.79. The molecule has 196 valence electrons. The molecule has 0 bridgehead atoms. The van der Waals surface area contributed by atoms with Crippen LogP contribution in [-0.2, 0) is 19.6 Å². The number of halogens is 4. The fourth-order valence-corrected chi connectivity index (χ4v) is 3.75. The van der Waals surface area contributed by atoms with Crippen molar-refractivity contribution in [3.63, 3.8) is 0 Å². The number of hydrazine groups is 1. The van der Waals surface area contributed by atoms with E-state index in [4.69, 9.17) is 0 Å². The van der Waals surface area contributed by atoms with Gasteiger partial charge in [-0.05, 0) is 48.7 Å². The van der Waals surface area contributed by atoms with Gasteiger partial charge in [0.25, 0.3) is 10.0 Å². The summed E-state index contributed by atoms with van der Waals surface area (Å²) in [7, 11) is -4.13. The number of carboxylic acid groups (broad SMARTS) is 1. The van der Waals surface area contributed by atoms with Gasteiger partial charge >= 0.3 is 75.2 Å². The molecule has 0 fully saturated rings. The first-order valence-corrected chi connectivity index (χ1v) is 12.4. The molecule has 0 saturated carbocycles. The van der Waals surface area contributed by atoms with Gasteiger partial charge in [-0.15, -0.1) is 11.8 Å². The summed E-state index contributed by atoms with van der Waals surface area (Å²) in [4.78, 5) is 33.1. The number of hydrogen-bond acceptors (Lipinski definition) is 8. The van der Waals surface area contributed by atoms with Gasteiger partial charge in [-0.1, -0.05) is 6.07 Å². The van der Waals surface area contributed by atoms with E-state index in [1.54, 1.807) is 6.26 Å². The number of rotatable bonds is 11. The molecule has 2 aromatic rings. The van der Waals surface area contributed by atoms with Crippen LogP contribution in [0.2, 0.25) is 0 Å². The molecule has 0 aliphatic heterocycles. The average molecular weight is 592 g/mol. The number of carboxylic acids is 1. The molecule has 2 aromatic carbocycles. The normalized spacial score (nSPS) is 11.5. The van der Waals surface area contributed by atoms with Gasteiger partial charge < -0.3 is 20.5 Å². The van der Waals surface area contributed by atoms with Crippen molar-refractivity contribution in [3.8, 4) is 0 Å². The number of carbonyl (C=O) groups excluding carboxylic acids is 3. The summed E-state index contributed by atoms with van der Waals surface area (Å²) in [5.74, 6) is -17.1. The van der Waals surface area contributed by atoms with Crippen LogP contribution < -0.4 is 82.7 Å². The molecule has 0 atom stereocenters. The quantitative estimate of drug-likeness (QED) is 0.0901. The van der Waals surface area contributed by atoms with Crippen molar-refractivity contribution < 1.29 is 96.9 Å². The Kier molecular flexibility index (Phi) is 12.1. The minimum atomic E-state index is -5.76. The summed E-state index contributed by atoms with van der Waals surface area (Å²) in [5, 5.41) is 15.2. The molecule has 3 amide bonds. The number of thioether (sulfide) groups is 1. The molecule has 2 rings (SSSR count). The summed E-state index contributed by atoms with van der Waals surface area (Å²) in [6.07, 6.45) is 1.78. The third-order valence-electron chi connectivity index (χ3n) is 4.17. The predicted molar refractivity (Wildman–Crippen MR) is 121 cm³/mol. The van der Waals surface area contributed by atoms with E-state index < -0.39 is 39.8 Å². The van der Waals surface area contributed by atoms with E-state index in [0.29, 0.717) is 5.88 Å². The van der Waals surface area contributed by atoms with E-state index >= 15 is 0 Å². The van der Waals surface area contributed by atoms with E-state index in [0.717, 1.165) is 24.3 Å². The van der Waals surface area contributed by atoms with Crippen molar-refractivity contribution in [1.82, 2.24) is 10.7 Å². The van der Waals surface area contributed by atoms with Gasteiger partial charge in [0.2, 0.25) is 0 Å². The van der Waals surface area contributed by atoms with Crippen molar-refractivity contribution in [3.05, 3.63) is 48.5 Å². The van der Waals surface area contributed by atoms with Gasteiger partial charge in [0, 0.05) is 11.4 Å². The van der Waals surface area contributed by atoms with Crippen LogP contribution in [0.5, 0.6) is 0 Å². The summed E-state index contributed by atoms with van der Waals surface area (Å²) in [6.45, 7) is 0. The van der Waals surface area contributed by atoms with Gasteiger partial charge in [0.05, 0.1) is 16.5 Å². The zero-order chi connectivity index (χ0) is 27.1. The number of aliphatic carboxylic acids is 1. The number of sulfonamides is 1. The Balaban J connectivity index is 0.00000684. The van der Waals surface area contributed by atoms with Crippen molar-refractivity contribution >= 4 is 56.8 Å². The molecule has 0 unspecified atom stereocenters. The Morgan fingerprint density at radius 3 is 2.11 bits per heavy atom. The van der Waals surface area contributed by atoms with Crippen LogP contribution in [0.15, 0.2) is 53.4 Å². The molecule has 0 saturated heterocycles. The zero-order valence-electron chi connectivity index (χ0n) is 19.1. The minimum absolute atomic E-state index is 0. The van der Waals surface area contributed by atoms with Crippen LogP contribution in [0.1, 0.15) is 0 Å². The summed E-state index contributed by atoms with van der Waals surface area (Å²) in [5.41, 5.74) is 3.17. The Morgan fingerprint density at radius 1 is 0.946 bits per heavy atom. The first kappa shape index (κ1) is 32.9. The van der Waals surface area contributed by atoms with Crippen molar-refractivity contribution in [2.24, 2.45) is 0 Å². The first-order chi connectivity index (χ1) is 16.7. The molecule has 0 heterocycles. The van der Waals surface area contributed by atoms with Gasteiger partial charge in [-0.2, -0.15) is 17.6 Å². The Hall–Kier alpha value is -2.09. The number of amides is 3. The SMILES string of the molecule is CSCNC(=O)Nc1cccc(S(=O)(=O)Nc2ccc(NNC(=O)C(F)(F)C(F)(F)C(=O)[O-])cc2)c1.[K+]. The molecule has 0 aromatic heterocycles. The Morgan fingerprint density at radius 2 is 1.54 bits per heavy atom. The van der Waals surface area contributed by atoms with Gasteiger partial charge in [-0.25, -0.2) is 13.2 Å². The summed E-state index contributed by atoms with van der Waals surface area (Å²) < 4.78 is 80.3. The molecule has 0 aliphatic rings. The van der Waals surface area contributed by atoms with Crippen LogP contribution in [0, 0.1) is 0 Å². The zero-order valence-corrected chi connectivity index (χ0v) is 23.9. The van der Waals surface area contributed by atoms with Gasteiger partial charge in [-0.3, -0.25) is 20.4 Å². The minimum Gasteiger partial charge on any atom is -0.544 e. The maximum absolute atomic E-state index is 13.4. The number of anilines is 3. The maximum atomic E-state index is 13.4. The Bertz CT molecular complexity index is 1240. The molecule has 18 heteroatoms. The number of alkyl halides is 4. The van der Waals surface area contributed by atoms with Crippen molar-refractivity contribution in [2.75, 3.05) is 27.6 Å². The van der Waals surface area contributed by atoms with Crippen LogP contribution in [0.25, 0.3) is 0 Å². The fraction of sp³-hybridized carbons (Fsp3) is 0.211. The standard InChI is InChI=1S/C19H19F4N5O6S2.K/c1-35-10-24-17(32)25-13-3-2-4-14(9-13)36(33,34)28-12-7-5-11(6-8-12)26-27-15(29)18(20,21)19(22,23)16(30)31;/h2-9,26,28H,10H2,1H3,(H,27,29)(H,30,31)(H2,24,25,32);/q;+1/p-1. The molecule has 0 radical (unpaired) electrons. The van der Waals surface area contributed by atoms with E-state index in [1.807, 2.05) is 5.43 Å². The third kappa shape index (κ3) is 8.72. The summed E-state index contributed by atoms with van der Waals surface area (Å²) in [6, 6.07) is 9.30. The van der Waals surface area contributed by atoms with Crippen LogP contribution in [0.4, 0.5) is 39.4 Å². The summed E-state index contributed by atoms with van der Waals surface area (Å²) >= 11 is 1.37. The molecule has 11 nitrogen and oxygen atoms in total. The van der Waals surface area contributed by atoms with Gasteiger partial charge in [0.15, 0.2) is 0 Å². The molecule has 37 heavy (non-hydrogen) atoms. The maximum Gasteiger partial charge on any atom is 1.00 e. The van der Waals surface area contributed by atoms with E-state index in [-0.39, 0.29) is 73.3 Å². The number of urea groups is 1. The molecule has 5 N–H and O–H groups in total. The van der Waals surface area contributed by atoms with E-state index in [9.17, 15) is 45.5 Å². The molecule has 0 aliphatic carbocycles. The van der Waals surface area contributed by atoms with Gasteiger partial charge in [0.1, 0.15) is 5.97 Å². The largest absolute Gasteiger partial charge is 1.00 e.